The number of aryl methyl sites for hydroxylation is 2. The largest absolute Gasteiger partial charge is 0.486 e. The normalized spacial score (nSPS) is 17.5. The van der Waals surface area contributed by atoms with Gasteiger partial charge in [-0.25, -0.2) is 4.98 Å². The van der Waals surface area contributed by atoms with Crippen molar-refractivity contribution in [2.45, 2.75) is 44.7 Å². The molecule has 0 spiro atoms. The Hall–Kier alpha value is -2.65. The number of benzene rings is 1. The van der Waals surface area contributed by atoms with E-state index in [2.05, 4.69) is 28.4 Å². The van der Waals surface area contributed by atoms with Crippen LogP contribution < -0.4 is 9.47 Å². The van der Waals surface area contributed by atoms with Crippen LogP contribution in [0.3, 0.4) is 0 Å². The molecule has 0 N–H and O–H groups in total. The minimum Gasteiger partial charge on any atom is -0.486 e. The van der Waals surface area contributed by atoms with Crippen molar-refractivity contribution in [2.75, 3.05) is 19.0 Å². The van der Waals surface area contributed by atoms with Crippen LogP contribution in [-0.2, 0) is 19.3 Å². The Balaban J connectivity index is 1.32. The van der Waals surface area contributed by atoms with Gasteiger partial charge in [-0.15, -0.1) is 21.5 Å². The number of nitrogens with zero attached hydrogens (tertiary/aromatic N) is 4. The van der Waals surface area contributed by atoms with E-state index in [9.17, 15) is 4.79 Å². The minimum absolute atomic E-state index is 0.0164. The van der Waals surface area contributed by atoms with Crippen LogP contribution in [0.5, 0.6) is 11.5 Å². The molecule has 1 aliphatic heterocycles. The van der Waals surface area contributed by atoms with Gasteiger partial charge < -0.3 is 9.47 Å². The number of carbonyl (C=O) groups is 1. The van der Waals surface area contributed by atoms with Crippen molar-refractivity contribution in [2.24, 2.45) is 5.92 Å². The second-order valence-corrected chi connectivity index (χ2v) is 10.7. The first kappa shape index (κ1) is 20.9. The topological polar surface area (TPSA) is 78.6 Å². The van der Waals surface area contributed by atoms with Gasteiger partial charge >= 0.3 is 0 Å². The standard InChI is InChI=1S/C24H24N4O3S2/c1-3-20-25-23-21(15-6-4-13(2)10-19(15)33-23)22-26-27-24(28(20)22)32-12-16(29)14-5-7-17-18(11-14)31-9-8-30-17/h5,7,11,13H,3-4,6,8-10,12H2,1-2H3/t13-/m1/s1. The van der Waals surface area contributed by atoms with E-state index in [1.165, 1.54) is 28.6 Å². The summed E-state index contributed by atoms with van der Waals surface area (Å²) in [5, 5.41) is 10.9. The van der Waals surface area contributed by atoms with Gasteiger partial charge in [-0.1, -0.05) is 25.6 Å². The molecule has 1 aliphatic carbocycles. The van der Waals surface area contributed by atoms with Crippen LogP contribution in [0.4, 0.5) is 0 Å². The lowest BCUT2D eigenvalue weighted by Crippen LogP contribution is -2.16. The molecule has 2 aliphatic rings. The molecule has 1 aromatic carbocycles. The summed E-state index contributed by atoms with van der Waals surface area (Å²) in [5.74, 6) is 3.24. The third-order valence-electron chi connectivity index (χ3n) is 6.35. The molecule has 1 atom stereocenters. The molecule has 3 aromatic heterocycles. The fourth-order valence-corrected chi connectivity index (χ4v) is 6.88. The van der Waals surface area contributed by atoms with Crippen LogP contribution in [0.15, 0.2) is 23.4 Å². The number of Topliss-reactive ketones (excluding diaryl/α,β-unsaturated/α-hetero) is 1. The fourth-order valence-electron chi connectivity index (χ4n) is 4.64. The lowest BCUT2D eigenvalue weighted by molar-refractivity contribution is 0.102. The predicted molar refractivity (Wildman–Crippen MR) is 129 cm³/mol. The highest BCUT2D eigenvalue weighted by Crippen LogP contribution is 2.40. The van der Waals surface area contributed by atoms with Crippen LogP contribution in [0.1, 0.15) is 46.9 Å². The first-order valence-electron chi connectivity index (χ1n) is 11.4. The number of fused-ring (bicyclic) bond motifs is 6. The van der Waals surface area contributed by atoms with Gasteiger partial charge in [-0.2, -0.15) is 0 Å². The summed E-state index contributed by atoms with van der Waals surface area (Å²) in [7, 11) is 0. The highest BCUT2D eigenvalue weighted by atomic mass is 32.2. The van der Waals surface area contributed by atoms with Gasteiger partial charge in [0, 0.05) is 16.9 Å². The maximum atomic E-state index is 12.9. The molecule has 33 heavy (non-hydrogen) atoms. The van der Waals surface area contributed by atoms with E-state index in [0.29, 0.717) is 41.4 Å². The Morgan fingerprint density at radius 3 is 2.94 bits per heavy atom. The summed E-state index contributed by atoms with van der Waals surface area (Å²) in [4.78, 5) is 20.4. The number of hydrogen-bond acceptors (Lipinski definition) is 8. The first-order chi connectivity index (χ1) is 16.1. The Kier molecular flexibility index (Phi) is 5.25. The molecule has 0 saturated heterocycles. The van der Waals surface area contributed by atoms with Gasteiger partial charge in [0.05, 0.1) is 11.1 Å². The van der Waals surface area contributed by atoms with Gasteiger partial charge in [-0.05, 0) is 48.9 Å². The molecule has 7 nitrogen and oxygen atoms in total. The molecule has 0 unspecified atom stereocenters. The smallest absolute Gasteiger partial charge is 0.197 e. The molecule has 6 rings (SSSR count). The molecule has 4 heterocycles. The highest BCUT2D eigenvalue weighted by molar-refractivity contribution is 7.99. The van der Waals surface area contributed by atoms with Crippen molar-refractivity contribution < 1.29 is 14.3 Å². The van der Waals surface area contributed by atoms with E-state index in [1.807, 2.05) is 11.3 Å². The third kappa shape index (κ3) is 3.58. The van der Waals surface area contributed by atoms with E-state index in [-0.39, 0.29) is 11.5 Å². The molecule has 0 amide bonds. The zero-order chi connectivity index (χ0) is 22.5. The van der Waals surface area contributed by atoms with Crippen molar-refractivity contribution in [1.29, 1.82) is 0 Å². The number of thiophene rings is 1. The molecule has 9 heteroatoms. The van der Waals surface area contributed by atoms with Crippen LogP contribution in [0.25, 0.3) is 15.9 Å². The minimum atomic E-state index is 0.0164. The number of thioether (sulfide) groups is 1. The molecular weight excluding hydrogens is 456 g/mol. The lowest BCUT2D eigenvalue weighted by Gasteiger charge is -2.18. The number of hydrogen-bond donors (Lipinski definition) is 0. The third-order valence-corrected chi connectivity index (χ3v) is 8.43. The van der Waals surface area contributed by atoms with E-state index in [4.69, 9.17) is 14.5 Å². The van der Waals surface area contributed by atoms with E-state index < -0.39 is 0 Å². The summed E-state index contributed by atoms with van der Waals surface area (Å²) < 4.78 is 13.2. The second-order valence-electron chi connectivity index (χ2n) is 8.63. The molecule has 4 aromatic rings. The summed E-state index contributed by atoms with van der Waals surface area (Å²) in [6, 6.07) is 5.36. The summed E-state index contributed by atoms with van der Waals surface area (Å²) in [6.45, 7) is 5.44. The van der Waals surface area contributed by atoms with Crippen LogP contribution >= 0.6 is 23.1 Å². The number of ketones is 1. The van der Waals surface area contributed by atoms with E-state index in [0.717, 1.165) is 41.0 Å². The maximum Gasteiger partial charge on any atom is 0.197 e. The number of rotatable bonds is 5. The van der Waals surface area contributed by atoms with Gasteiger partial charge in [0.2, 0.25) is 0 Å². The van der Waals surface area contributed by atoms with Crippen molar-refractivity contribution in [3.05, 3.63) is 40.0 Å². The highest BCUT2D eigenvalue weighted by Gasteiger charge is 2.25. The molecule has 0 bridgehead atoms. The van der Waals surface area contributed by atoms with Gasteiger partial charge in [-0.3, -0.25) is 9.20 Å². The van der Waals surface area contributed by atoms with Crippen molar-refractivity contribution in [3.63, 3.8) is 0 Å². The fraction of sp³-hybridized carbons (Fsp3) is 0.417. The zero-order valence-electron chi connectivity index (χ0n) is 18.6. The number of ether oxygens (including phenoxy) is 2. The van der Waals surface area contributed by atoms with Crippen molar-refractivity contribution in [1.82, 2.24) is 19.6 Å². The van der Waals surface area contributed by atoms with E-state index >= 15 is 0 Å². The van der Waals surface area contributed by atoms with Gasteiger partial charge in [0.15, 0.2) is 28.1 Å². The van der Waals surface area contributed by atoms with Crippen LogP contribution in [0.2, 0.25) is 0 Å². The predicted octanol–water partition coefficient (Wildman–Crippen LogP) is 4.77. The quantitative estimate of drug-likeness (QED) is 0.301. The summed E-state index contributed by atoms with van der Waals surface area (Å²) in [6.07, 6.45) is 4.15. The monoisotopic (exact) mass is 480 g/mol. The summed E-state index contributed by atoms with van der Waals surface area (Å²) in [5.41, 5.74) is 2.88. The molecule has 0 radical (unpaired) electrons. The maximum absolute atomic E-state index is 12.9. The Labute approximate surface area is 199 Å². The van der Waals surface area contributed by atoms with Crippen LogP contribution in [0, 0.1) is 5.92 Å². The average Bonchev–Trinajstić information content (AvgIpc) is 3.42. The number of carbonyl (C=O) groups excluding carboxylic acids is 1. The van der Waals surface area contributed by atoms with E-state index in [1.54, 1.807) is 18.2 Å². The lowest BCUT2D eigenvalue weighted by atomic mass is 9.89. The Morgan fingerprint density at radius 1 is 1.24 bits per heavy atom. The SMILES string of the molecule is CCc1nc2sc3c(c2c2nnc(SCC(=O)c4ccc5c(c4)OCCO5)n12)CC[C@@H](C)C3. The molecule has 170 valence electrons. The second kappa shape index (κ2) is 8.29. The number of aromatic nitrogens is 4. The molecule has 0 saturated carbocycles. The van der Waals surface area contributed by atoms with Gasteiger partial charge in [0.1, 0.15) is 23.9 Å². The Bertz CT molecular complexity index is 1390. The van der Waals surface area contributed by atoms with Crippen molar-refractivity contribution >= 4 is 44.7 Å². The van der Waals surface area contributed by atoms with Crippen LogP contribution in [-0.4, -0.2) is 44.3 Å². The zero-order valence-corrected chi connectivity index (χ0v) is 20.2. The Morgan fingerprint density at radius 2 is 2.09 bits per heavy atom. The van der Waals surface area contributed by atoms with Crippen molar-refractivity contribution in [3.8, 4) is 11.5 Å². The average molecular weight is 481 g/mol. The first-order valence-corrected chi connectivity index (χ1v) is 13.2. The summed E-state index contributed by atoms with van der Waals surface area (Å²) >= 11 is 3.22. The molecule has 0 fully saturated rings. The van der Waals surface area contributed by atoms with Gasteiger partial charge in [0.25, 0.3) is 0 Å². The molecular formula is C24H24N4O3S2.